The topological polar surface area (TPSA) is 45.0 Å². The summed E-state index contributed by atoms with van der Waals surface area (Å²) in [5.74, 6) is 0.897. The maximum Gasteiger partial charge on any atom is 0.124 e. The van der Waals surface area contributed by atoms with Gasteiger partial charge in [0.15, 0.2) is 0 Å². The van der Waals surface area contributed by atoms with Gasteiger partial charge in [-0.05, 0) is 44.5 Å². The Morgan fingerprint density at radius 3 is 2.71 bits per heavy atom. The molecule has 3 nitrogen and oxygen atoms in total. The molecule has 3 heteroatoms. The van der Waals surface area contributed by atoms with E-state index in [1.165, 1.54) is 0 Å². The van der Waals surface area contributed by atoms with E-state index >= 15 is 0 Å². The zero-order chi connectivity index (χ0) is 15.2. The number of benzene rings is 2. The first-order valence-electron chi connectivity index (χ1n) is 7.14. The summed E-state index contributed by atoms with van der Waals surface area (Å²) < 4.78 is 5.68. The minimum Gasteiger partial charge on any atom is -0.494 e. The van der Waals surface area contributed by atoms with Crippen LogP contribution in [0.1, 0.15) is 36.6 Å². The van der Waals surface area contributed by atoms with Gasteiger partial charge in [-0.2, -0.15) is 5.26 Å². The summed E-state index contributed by atoms with van der Waals surface area (Å²) in [5.41, 5.74) is 3.87. The van der Waals surface area contributed by atoms with E-state index < -0.39 is 0 Å². The average molecular weight is 280 g/mol. The smallest absolute Gasteiger partial charge is 0.124 e. The second kappa shape index (κ2) is 6.81. The second-order valence-corrected chi connectivity index (χ2v) is 4.98. The van der Waals surface area contributed by atoms with Gasteiger partial charge in [0.05, 0.1) is 24.3 Å². The van der Waals surface area contributed by atoms with Crippen LogP contribution in [0, 0.1) is 18.3 Å². The van der Waals surface area contributed by atoms with Gasteiger partial charge in [-0.1, -0.05) is 24.3 Å². The largest absolute Gasteiger partial charge is 0.494 e. The number of hydrogen-bond acceptors (Lipinski definition) is 3. The SMILES string of the molecule is CCOc1ccccc1C(C)Nc1cc(C#N)ccc1C. The molecule has 1 unspecified atom stereocenters. The molecule has 0 aliphatic heterocycles. The van der Waals surface area contributed by atoms with E-state index in [0.29, 0.717) is 12.2 Å². The molecule has 0 bridgehead atoms. The van der Waals surface area contributed by atoms with Crippen LogP contribution in [0.4, 0.5) is 5.69 Å². The van der Waals surface area contributed by atoms with Crippen molar-refractivity contribution in [3.8, 4) is 11.8 Å². The molecule has 0 saturated heterocycles. The number of nitrogens with zero attached hydrogens (tertiary/aromatic N) is 1. The van der Waals surface area contributed by atoms with Crippen molar-refractivity contribution >= 4 is 5.69 Å². The molecule has 2 aromatic carbocycles. The maximum absolute atomic E-state index is 9.02. The molecule has 0 aliphatic rings. The van der Waals surface area contributed by atoms with E-state index in [2.05, 4.69) is 24.4 Å². The highest BCUT2D eigenvalue weighted by atomic mass is 16.5. The normalized spacial score (nSPS) is 11.5. The van der Waals surface area contributed by atoms with Gasteiger partial charge >= 0.3 is 0 Å². The lowest BCUT2D eigenvalue weighted by Crippen LogP contribution is -2.10. The number of ether oxygens (including phenoxy) is 1. The van der Waals surface area contributed by atoms with Crippen molar-refractivity contribution in [3.63, 3.8) is 0 Å². The summed E-state index contributed by atoms with van der Waals surface area (Å²) in [6.07, 6.45) is 0. The Morgan fingerprint density at radius 1 is 1.24 bits per heavy atom. The standard InChI is InChI=1S/C18H20N2O/c1-4-21-18-8-6-5-7-16(18)14(3)20-17-11-15(12-19)10-9-13(17)2/h5-11,14,20H,4H2,1-3H3. The van der Waals surface area contributed by atoms with Gasteiger partial charge in [0.25, 0.3) is 0 Å². The van der Waals surface area contributed by atoms with Gasteiger partial charge in [-0.15, -0.1) is 0 Å². The summed E-state index contributed by atoms with van der Waals surface area (Å²) in [5, 5.41) is 12.5. The van der Waals surface area contributed by atoms with Gasteiger partial charge < -0.3 is 10.1 Å². The van der Waals surface area contributed by atoms with Gasteiger partial charge in [-0.25, -0.2) is 0 Å². The lowest BCUT2D eigenvalue weighted by atomic mass is 10.1. The maximum atomic E-state index is 9.02. The Kier molecular flexibility index (Phi) is 4.84. The highest BCUT2D eigenvalue weighted by Crippen LogP contribution is 2.29. The van der Waals surface area contributed by atoms with Crippen LogP contribution in [0.5, 0.6) is 5.75 Å². The molecule has 0 amide bonds. The van der Waals surface area contributed by atoms with Crippen LogP contribution in [-0.4, -0.2) is 6.61 Å². The van der Waals surface area contributed by atoms with Crippen LogP contribution in [0.25, 0.3) is 0 Å². The van der Waals surface area contributed by atoms with E-state index in [4.69, 9.17) is 10.00 Å². The lowest BCUT2D eigenvalue weighted by Gasteiger charge is -2.20. The third kappa shape index (κ3) is 3.55. The molecule has 1 N–H and O–H groups in total. The van der Waals surface area contributed by atoms with Crippen molar-refractivity contribution < 1.29 is 4.74 Å². The molecule has 2 aromatic rings. The molecular weight excluding hydrogens is 260 g/mol. The zero-order valence-electron chi connectivity index (χ0n) is 12.7. The molecular formula is C18H20N2O. The van der Waals surface area contributed by atoms with E-state index in [1.54, 1.807) is 0 Å². The molecule has 0 radical (unpaired) electrons. The molecule has 2 rings (SSSR count). The Bertz CT molecular complexity index is 659. The lowest BCUT2D eigenvalue weighted by molar-refractivity contribution is 0.335. The molecule has 108 valence electrons. The minimum atomic E-state index is 0.0976. The molecule has 0 spiro atoms. The molecule has 0 heterocycles. The Balaban J connectivity index is 2.26. The van der Waals surface area contributed by atoms with E-state index in [0.717, 1.165) is 22.6 Å². The fraction of sp³-hybridized carbons (Fsp3) is 0.278. The van der Waals surface area contributed by atoms with Crippen LogP contribution in [0.3, 0.4) is 0 Å². The predicted molar refractivity (Wildman–Crippen MR) is 85.5 cm³/mol. The summed E-state index contributed by atoms with van der Waals surface area (Å²) in [6.45, 7) is 6.75. The quantitative estimate of drug-likeness (QED) is 0.880. The van der Waals surface area contributed by atoms with Crippen molar-refractivity contribution in [1.29, 1.82) is 5.26 Å². The van der Waals surface area contributed by atoms with Gasteiger partial charge in [0.1, 0.15) is 5.75 Å². The van der Waals surface area contributed by atoms with Crippen LogP contribution >= 0.6 is 0 Å². The van der Waals surface area contributed by atoms with E-state index in [-0.39, 0.29) is 6.04 Å². The van der Waals surface area contributed by atoms with E-state index in [1.807, 2.05) is 50.2 Å². The number of aryl methyl sites for hydroxylation is 1. The third-order valence-electron chi connectivity index (χ3n) is 3.42. The Labute approximate surface area is 126 Å². The van der Waals surface area contributed by atoms with Gasteiger partial charge in [0.2, 0.25) is 0 Å². The van der Waals surface area contributed by atoms with Crippen molar-refractivity contribution in [3.05, 3.63) is 59.2 Å². The monoisotopic (exact) mass is 280 g/mol. The number of hydrogen-bond donors (Lipinski definition) is 1. The van der Waals surface area contributed by atoms with Crippen molar-refractivity contribution in [2.45, 2.75) is 26.8 Å². The highest BCUT2D eigenvalue weighted by Gasteiger charge is 2.12. The average Bonchev–Trinajstić information content (AvgIpc) is 2.50. The Hall–Kier alpha value is -2.47. The summed E-state index contributed by atoms with van der Waals surface area (Å²) in [7, 11) is 0. The first-order valence-corrected chi connectivity index (χ1v) is 7.14. The van der Waals surface area contributed by atoms with Gasteiger partial charge in [0, 0.05) is 11.3 Å². The van der Waals surface area contributed by atoms with Crippen LogP contribution in [0.2, 0.25) is 0 Å². The fourth-order valence-electron chi connectivity index (χ4n) is 2.28. The Morgan fingerprint density at radius 2 is 2.00 bits per heavy atom. The second-order valence-electron chi connectivity index (χ2n) is 4.98. The molecule has 0 aliphatic carbocycles. The zero-order valence-corrected chi connectivity index (χ0v) is 12.7. The predicted octanol–water partition coefficient (Wildman–Crippen LogP) is 4.44. The summed E-state index contributed by atoms with van der Waals surface area (Å²) in [6, 6.07) is 16.0. The highest BCUT2D eigenvalue weighted by molar-refractivity contribution is 5.56. The molecule has 21 heavy (non-hydrogen) atoms. The first kappa shape index (κ1) is 14.9. The summed E-state index contributed by atoms with van der Waals surface area (Å²) in [4.78, 5) is 0. The molecule has 0 fully saturated rings. The van der Waals surface area contributed by atoms with Crippen molar-refractivity contribution in [1.82, 2.24) is 0 Å². The fourth-order valence-corrected chi connectivity index (χ4v) is 2.28. The van der Waals surface area contributed by atoms with Gasteiger partial charge in [-0.3, -0.25) is 0 Å². The number of nitrogens with one attached hydrogen (secondary N) is 1. The molecule has 0 aromatic heterocycles. The van der Waals surface area contributed by atoms with Crippen molar-refractivity contribution in [2.75, 3.05) is 11.9 Å². The first-order chi connectivity index (χ1) is 10.2. The van der Waals surface area contributed by atoms with Crippen molar-refractivity contribution in [2.24, 2.45) is 0 Å². The van der Waals surface area contributed by atoms with Crippen LogP contribution in [-0.2, 0) is 0 Å². The number of nitriles is 1. The number of rotatable bonds is 5. The number of anilines is 1. The third-order valence-corrected chi connectivity index (χ3v) is 3.42. The van der Waals surface area contributed by atoms with Crippen LogP contribution in [0.15, 0.2) is 42.5 Å². The molecule has 1 atom stereocenters. The summed E-state index contributed by atoms with van der Waals surface area (Å²) >= 11 is 0. The minimum absolute atomic E-state index is 0.0976. The number of para-hydroxylation sites is 1. The van der Waals surface area contributed by atoms with E-state index in [9.17, 15) is 0 Å². The molecule has 0 saturated carbocycles. The van der Waals surface area contributed by atoms with Crippen LogP contribution < -0.4 is 10.1 Å².